The lowest BCUT2D eigenvalue weighted by atomic mass is 10.0. The fourth-order valence-electron chi connectivity index (χ4n) is 2.80. The Morgan fingerprint density at radius 2 is 1.85 bits per heavy atom. The van der Waals surface area contributed by atoms with Crippen LogP contribution in [0.25, 0.3) is 0 Å². The van der Waals surface area contributed by atoms with Crippen molar-refractivity contribution < 1.29 is 9.59 Å². The molecule has 2 aromatic rings. The SMILES string of the molecule is Cc1cc(C)nc(Nc2cc(N[C@@H](CC(C)C)C(N)=O)cnc2C(N)=O)c1. The summed E-state index contributed by atoms with van der Waals surface area (Å²) in [5.41, 5.74) is 13.8. The van der Waals surface area contributed by atoms with E-state index in [0.717, 1.165) is 11.3 Å². The summed E-state index contributed by atoms with van der Waals surface area (Å²) in [5.74, 6) is -0.261. The minimum Gasteiger partial charge on any atom is -0.372 e. The Kier molecular flexibility index (Phi) is 6.33. The smallest absolute Gasteiger partial charge is 0.269 e. The van der Waals surface area contributed by atoms with Gasteiger partial charge in [0.1, 0.15) is 11.9 Å². The maximum Gasteiger partial charge on any atom is 0.269 e. The van der Waals surface area contributed by atoms with Gasteiger partial charge in [0.05, 0.1) is 17.6 Å². The molecule has 8 nitrogen and oxygen atoms in total. The van der Waals surface area contributed by atoms with Crippen molar-refractivity contribution in [2.24, 2.45) is 17.4 Å². The molecule has 0 aliphatic rings. The lowest BCUT2D eigenvalue weighted by Crippen LogP contribution is -2.36. The van der Waals surface area contributed by atoms with Crippen molar-refractivity contribution in [2.45, 2.75) is 40.2 Å². The Hall–Kier alpha value is -3.16. The number of nitrogens with one attached hydrogen (secondary N) is 2. The molecule has 27 heavy (non-hydrogen) atoms. The summed E-state index contributed by atoms with van der Waals surface area (Å²) in [6.45, 7) is 7.84. The van der Waals surface area contributed by atoms with Crippen LogP contribution >= 0.6 is 0 Å². The minimum atomic E-state index is -0.665. The Labute approximate surface area is 158 Å². The van der Waals surface area contributed by atoms with Crippen molar-refractivity contribution in [3.05, 3.63) is 41.3 Å². The van der Waals surface area contributed by atoms with Crippen LogP contribution in [0.5, 0.6) is 0 Å². The van der Waals surface area contributed by atoms with E-state index in [0.29, 0.717) is 23.6 Å². The van der Waals surface area contributed by atoms with Crippen molar-refractivity contribution >= 4 is 29.0 Å². The van der Waals surface area contributed by atoms with Crippen LogP contribution in [-0.2, 0) is 4.79 Å². The van der Waals surface area contributed by atoms with E-state index in [1.54, 1.807) is 6.07 Å². The van der Waals surface area contributed by atoms with Gasteiger partial charge in [-0.15, -0.1) is 0 Å². The summed E-state index contributed by atoms with van der Waals surface area (Å²) in [4.78, 5) is 32.0. The summed E-state index contributed by atoms with van der Waals surface area (Å²) in [6, 6.07) is 4.92. The number of primary amides is 2. The zero-order valence-electron chi connectivity index (χ0n) is 16.0. The molecule has 0 aliphatic heterocycles. The first kappa shape index (κ1) is 20.2. The third-order valence-corrected chi connectivity index (χ3v) is 3.87. The molecule has 1 atom stereocenters. The van der Waals surface area contributed by atoms with Gasteiger partial charge in [-0.1, -0.05) is 13.8 Å². The van der Waals surface area contributed by atoms with Gasteiger partial charge in [0.25, 0.3) is 5.91 Å². The van der Waals surface area contributed by atoms with E-state index in [2.05, 4.69) is 20.6 Å². The zero-order valence-corrected chi connectivity index (χ0v) is 16.0. The molecule has 2 aromatic heterocycles. The molecule has 2 rings (SSSR count). The van der Waals surface area contributed by atoms with E-state index < -0.39 is 17.9 Å². The Bertz CT molecular complexity index is 830. The number of anilines is 3. The maximum atomic E-state index is 11.7. The first-order valence-corrected chi connectivity index (χ1v) is 8.73. The van der Waals surface area contributed by atoms with Crippen LogP contribution in [0.1, 0.15) is 42.0 Å². The van der Waals surface area contributed by atoms with Crippen LogP contribution in [0.3, 0.4) is 0 Å². The number of carbonyl (C=O) groups is 2. The average Bonchev–Trinajstić information content (AvgIpc) is 2.52. The second kappa shape index (κ2) is 8.48. The highest BCUT2D eigenvalue weighted by Crippen LogP contribution is 2.24. The lowest BCUT2D eigenvalue weighted by Gasteiger charge is -2.19. The average molecular weight is 370 g/mol. The van der Waals surface area contributed by atoms with Gasteiger partial charge in [-0.3, -0.25) is 9.59 Å². The van der Waals surface area contributed by atoms with Gasteiger partial charge < -0.3 is 22.1 Å². The molecule has 0 saturated heterocycles. The van der Waals surface area contributed by atoms with Gasteiger partial charge in [-0.05, 0) is 49.9 Å². The van der Waals surface area contributed by atoms with Crippen LogP contribution in [-0.4, -0.2) is 27.8 Å². The molecule has 0 aromatic carbocycles. The molecule has 0 aliphatic carbocycles. The highest BCUT2D eigenvalue weighted by molar-refractivity contribution is 5.97. The third kappa shape index (κ3) is 5.67. The Balaban J connectivity index is 2.35. The van der Waals surface area contributed by atoms with Crippen molar-refractivity contribution in [3.8, 4) is 0 Å². The molecular formula is C19H26N6O2. The third-order valence-electron chi connectivity index (χ3n) is 3.87. The van der Waals surface area contributed by atoms with Crippen molar-refractivity contribution in [2.75, 3.05) is 10.6 Å². The predicted octanol–water partition coefficient (Wildman–Crippen LogP) is 2.25. The zero-order chi connectivity index (χ0) is 20.1. The molecule has 8 heteroatoms. The second-order valence-corrected chi connectivity index (χ2v) is 7.01. The number of amides is 2. The number of nitrogens with two attached hydrogens (primary N) is 2. The molecule has 2 amide bonds. The number of aromatic nitrogens is 2. The minimum absolute atomic E-state index is 0.0843. The maximum absolute atomic E-state index is 11.7. The number of carbonyl (C=O) groups excluding carboxylic acids is 2. The van der Waals surface area contributed by atoms with Crippen molar-refractivity contribution in [1.82, 2.24) is 9.97 Å². The highest BCUT2D eigenvalue weighted by Gasteiger charge is 2.18. The molecule has 6 N–H and O–H groups in total. The fraction of sp³-hybridized carbons (Fsp3) is 0.368. The van der Waals surface area contributed by atoms with Crippen LogP contribution in [0.4, 0.5) is 17.2 Å². The molecule has 0 bridgehead atoms. The van der Waals surface area contributed by atoms with Crippen LogP contribution in [0, 0.1) is 19.8 Å². The fourth-order valence-corrected chi connectivity index (χ4v) is 2.80. The molecule has 0 radical (unpaired) electrons. The predicted molar refractivity (Wildman–Crippen MR) is 106 cm³/mol. The van der Waals surface area contributed by atoms with E-state index >= 15 is 0 Å². The Morgan fingerprint density at radius 3 is 2.41 bits per heavy atom. The molecule has 2 heterocycles. The van der Waals surface area contributed by atoms with Gasteiger partial charge in [0.2, 0.25) is 5.91 Å². The summed E-state index contributed by atoms with van der Waals surface area (Å²) in [7, 11) is 0. The highest BCUT2D eigenvalue weighted by atomic mass is 16.1. The molecule has 144 valence electrons. The van der Waals surface area contributed by atoms with Gasteiger partial charge in [-0.2, -0.15) is 0 Å². The normalized spacial score (nSPS) is 11.9. The van der Waals surface area contributed by atoms with E-state index in [-0.39, 0.29) is 11.6 Å². The molecule has 0 fully saturated rings. The van der Waals surface area contributed by atoms with Gasteiger partial charge in [0, 0.05) is 5.69 Å². The number of hydrogen-bond acceptors (Lipinski definition) is 6. The number of aryl methyl sites for hydroxylation is 2. The number of nitrogens with zero attached hydrogens (tertiary/aromatic N) is 2. The standard InChI is InChI=1S/C19H26N6O2/c1-10(2)5-15(18(20)26)24-13-8-14(17(19(21)27)22-9-13)25-16-7-11(3)6-12(4)23-16/h6-10,15,24H,5H2,1-4H3,(H2,20,26)(H2,21,27)(H,23,25)/t15-/m0/s1. The lowest BCUT2D eigenvalue weighted by molar-refractivity contribution is -0.119. The Morgan fingerprint density at radius 1 is 1.15 bits per heavy atom. The monoisotopic (exact) mass is 370 g/mol. The molecule has 0 unspecified atom stereocenters. The largest absolute Gasteiger partial charge is 0.372 e. The van der Waals surface area contributed by atoms with Crippen molar-refractivity contribution in [1.29, 1.82) is 0 Å². The first-order valence-electron chi connectivity index (χ1n) is 8.73. The molecule has 0 spiro atoms. The topological polar surface area (TPSA) is 136 Å². The number of hydrogen-bond donors (Lipinski definition) is 4. The molecular weight excluding hydrogens is 344 g/mol. The first-order chi connectivity index (χ1) is 12.7. The van der Waals surface area contributed by atoms with Gasteiger partial charge >= 0.3 is 0 Å². The van der Waals surface area contributed by atoms with E-state index in [1.807, 2.05) is 39.8 Å². The van der Waals surface area contributed by atoms with Crippen LogP contribution < -0.4 is 22.1 Å². The number of pyridine rings is 2. The quantitative estimate of drug-likeness (QED) is 0.562. The summed E-state index contributed by atoms with van der Waals surface area (Å²) in [6.07, 6.45) is 2.03. The molecule has 0 saturated carbocycles. The van der Waals surface area contributed by atoms with Crippen LogP contribution in [0.15, 0.2) is 24.4 Å². The summed E-state index contributed by atoms with van der Waals surface area (Å²) in [5, 5.41) is 6.16. The van der Waals surface area contributed by atoms with E-state index in [4.69, 9.17) is 11.5 Å². The van der Waals surface area contributed by atoms with Crippen LogP contribution in [0.2, 0.25) is 0 Å². The van der Waals surface area contributed by atoms with Gasteiger partial charge in [0.15, 0.2) is 5.69 Å². The van der Waals surface area contributed by atoms with Crippen molar-refractivity contribution in [3.63, 3.8) is 0 Å². The second-order valence-electron chi connectivity index (χ2n) is 7.01. The van der Waals surface area contributed by atoms with E-state index in [1.165, 1.54) is 6.20 Å². The summed E-state index contributed by atoms with van der Waals surface area (Å²) < 4.78 is 0. The number of rotatable bonds is 8. The summed E-state index contributed by atoms with van der Waals surface area (Å²) >= 11 is 0. The van der Waals surface area contributed by atoms with Gasteiger partial charge in [-0.25, -0.2) is 9.97 Å². The van der Waals surface area contributed by atoms with E-state index in [9.17, 15) is 9.59 Å².